The number of rotatable bonds is 2. The molecule has 1 aromatic carbocycles. The van der Waals surface area contributed by atoms with Gasteiger partial charge in [-0.2, -0.15) is 4.73 Å². The number of benzene rings is 1. The standard InChI is InChI=1S/C18H29NO.C10H14N2O2.C8H15NO/c1-16(2,3)12-10-13(17(4,5)6)15(19-20)14(11-12)18(7,8)9;1-10(2,3)12(14)8-9-4-6-11(13)7-5-9;1-7(2)5-8(3,4)9(10)6-7/h10-11H,1-9H3;4-8H,1-3H3;6H,5H2,1-4H3. The monoisotopic (exact) mass is 610 g/mol. The van der Waals surface area contributed by atoms with Gasteiger partial charge >= 0.3 is 0 Å². The molecule has 0 saturated heterocycles. The Morgan fingerprint density at radius 2 is 1.23 bits per heavy atom. The van der Waals surface area contributed by atoms with E-state index >= 15 is 0 Å². The number of hydrogen-bond acceptors (Lipinski definition) is 5. The Labute approximate surface area is 266 Å². The maximum atomic E-state index is 11.5. The highest BCUT2D eigenvalue weighted by Crippen LogP contribution is 2.42. The van der Waals surface area contributed by atoms with Crippen LogP contribution >= 0.6 is 0 Å². The summed E-state index contributed by atoms with van der Waals surface area (Å²) in [7, 11) is 0. The van der Waals surface area contributed by atoms with Gasteiger partial charge in [0.2, 0.25) is 0 Å². The number of pyridine rings is 1. The molecule has 8 heteroatoms. The molecule has 0 unspecified atom stereocenters. The quantitative estimate of drug-likeness (QED) is 0.111. The summed E-state index contributed by atoms with van der Waals surface area (Å²) in [6.07, 6.45) is 6.92. The van der Waals surface area contributed by atoms with Crippen molar-refractivity contribution in [2.75, 3.05) is 0 Å². The van der Waals surface area contributed by atoms with Gasteiger partial charge < -0.3 is 15.6 Å². The molecule has 2 heterocycles. The molecule has 8 nitrogen and oxygen atoms in total. The smallest absolute Gasteiger partial charge is 0.182 e. The normalized spacial score (nSPS) is 16.6. The fraction of sp³-hybridized carbons (Fsp3) is 0.639. The zero-order valence-electron chi connectivity index (χ0n) is 30.2. The molecule has 0 atom stereocenters. The molecule has 1 aliphatic heterocycles. The van der Waals surface area contributed by atoms with Gasteiger partial charge in [-0.1, -0.05) is 88.3 Å². The Kier molecular flexibility index (Phi) is 11.8. The van der Waals surface area contributed by atoms with E-state index in [1.165, 1.54) is 24.2 Å². The minimum Gasteiger partial charge on any atom is -0.624 e. The van der Waals surface area contributed by atoms with Gasteiger partial charge in [0.05, 0.1) is 5.56 Å². The molecule has 3 rings (SSSR count). The van der Waals surface area contributed by atoms with Gasteiger partial charge in [-0.25, -0.2) is 9.48 Å². The van der Waals surface area contributed by atoms with Crippen LogP contribution in [0.2, 0.25) is 0 Å². The molecule has 44 heavy (non-hydrogen) atoms. The highest BCUT2D eigenvalue weighted by molar-refractivity contribution is 5.75. The largest absolute Gasteiger partial charge is 0.624 e. The number of aromatic nitrogens is 1. The van der Waals surface area contributed by atoms with Crippen LogP contribution in [-0.4, -0.2) is 33.0 Å². The van der Waals surface area contributed by atoms with E-state index < -0.39 is 5.54 Å². The Balaban J connectivity index is 0.000000351. The fourth-order valence-corrected chi connectivity index (χ4v) is 4.88. The minimum atomic E-state index is -0.455. The summed E-state index contributed by atoms with van der Waals surface area (Å²) in [6.45, 7) is 33.0. The Bertz CT molecular complexity index is 1310. The Hall–Kier alpha value is -3.29. The first kappa shape index (κ1) is 38.7. The maximum absolute atomic E-state index is 11.5. The number of hydrogen-bond donors (Lipinski definition) is 0. The van der Waals surface area contributed by atoms with Crippen molar-refractivity contribution in [1.82, 2.24) is 0 Å². The predicted molar refractivity (Wildman–Crippen MR) is 184 cm³/mol. The van der Waals surface area contributed by atoms with Crippen LogP contribution in [0.5, 0.6) is 0 Å². The first-order valence-electron chi connectivity index (χ1n) is 15.4. The van der Waals surface area contributed by atoms with Gasteiger partial charge in [-0.15, -0.1) is 4.91 Å². The van der Waals surface area contributed by atoms with Crippen molar-refractivity contribution in [2.24, 2.45) is 10.6 Å². The molecule has 0 N–H and O–H groups in total. The van der Waals surface area contributed by atoms with E-state index in [0.29, 0.717) is 10.4 Å². The van der Waals surface area contributed by atoms with Crippen LogP contribution in [-0.2, 0) is 16.2 Å². The molecule has 1 aromatic heterocycles. The molecular weight excluding hydrogens is 552 g/mol. The summed E-state index contributed by atoms with van der Waals surface area (Å²) in [5.74, 6) is 0. The third kappa shape index (κ3) is 11.3. The van der Waals surface area contributed by atoms with Gasteiger partial charge in [0, 0.05) is 58.6 Å². The molecule has 0 spiro atoms. The first-order chi connectivity index (χ1) is 19.5. The molecule has 1 aliphatic rings. The van der Waals surface area contributed by atoms with Crippen molar-refractivity contribution in [3.63, 3.8) is 0 Å². The Morgan fingerprint density at radius 1 is 0.795 bits per heavy atom. The van der Waals surface area contributed by atoms with E-state index in [9.17, 15) is 20.5 Å². The van der Waals surface area contributed by atoms with Crippen LogP contribution in [0.15, 0.2) is 41.8 Å². The molecule has 0 fully saturated rings. The molecule has 0 saturated carbocycles. The van der Waals surface area contributed by atoms with Crippen LogP contribution in [0.3, 0.4) is 0 Å². The highest BCUT2D eigenvalue weighted by Gasteiger charge is 2.42. The van der Waals surface area contributed by atoms with Gasteiger partial charge in [-0.05, 0) is 38.1 Å². The van der Waals surface area contributed by atoms with Crippen LogP contribution in [0, 0.1) is 25.9 Å². The lowest BCUT2D eigenvalue weighted by Crippen LogP contribution is -2.30. The third-order valence-electron chi connectivity index (χ3n) is 7.39. The molecule has 2 aromatic rings. The van der Waals surface area contributed by atoms with Crippen molar-refractivity contribution in [3.8, 4) is 0 Å². The summed E-state index contributed by atoms with van der Waals surface area (Å²) < 4.78 is 2.63. The molecule has 0 aliphatic carbocycles. The minimum absolute atomic E-state index is 0.0570. The topological polar surface area (TPSA) is 109 Å². The second-order valence-corrected chi connectivity index (χ2v) is 17.3. The fourth-order valence-electron chi connectivity index (χ4n) is 4.88. The van der Waals surface area contributed by atoms with Gasteiger partial charge in [-0.3, -0.25) is 0 Å². The van der Waals surface area contributed by atoms with Crippen LogP contribution < -0.4 is 4.73 Å². The summed E-state index contributed by atoms with van der Waals surface area (Å²) in [4.78, 5) is 11.5. The van der Waals surface area contributed by atoms with Crippen molar-refractivity contribution in [3.05, 3.63) is 79.4 Å². The summed E-state index contributed by atoms with van der Waals surface area (Å²) in [6, 6.07) is 7.52. The van der Waals surface area contributed by atoms with Crippen molar-refractivity contribution >= 4 is 18.1 Å². The summed E-state index contributed by atoms with van der Waals surface area (Å²) >= 11 is 0. The zero-order valence-corrected chi connectivity index (χ0v) is 30.2. The van der Waals surface area contributed by atoms with Crippen LogP contribution in [0.25, 0.3) is 0 Å². The second kappa shape index (κ2) is 13.4. The predicted octanol–water partition coefficient (Wildman–Crippen LogP) is 8.80. The third-order valence-corrected chi connectivity index (χ3v) is 7.39. The van der Waals surface area contributed by atoms with E-state index in [4.69, 9.17) is 0 Å². The zero-order chi connectivity index (χ0) is 34.7. The summed E-state index contributed by atoms with van der Waals surface area (Å²) in [5, 5.41) is 36.8. The van der Waals surface area contributed by atoms with E-state index in [0.717, 1.165) is 32.6 Å². The van der Waals surface area contributed by atoms with Crippen molar-refractivity contribution in [2.45, 2.75) is 145 Å². The maximum Gasteiger partial charge on any atom is 0.182 e. The molecule has 0 radical (unpaired) electrons. The molecular formula is C36H58N4O4. The number of hydroxylamine groups is 2. The average Bonchev–Trinajstić information content (AvgIpc) is 3.02. The van der Waals surface area contributed by atoms with Crippen molar-refractivity contribution in [1.29, 1.82) is 0 Å². The Morgan fingerprint density at radius 3 is 1.48 bits per heavy atom. The van der Waals surface area contributed by atoms with Crippen LogP contribution in [0.4, 0.5) is 5.69 Å². The first-order valence-corrected chi connectivity index (χ1v) is 15.4. The van der Waals surface area contributed by atoms with Gasteiger partial charge in [0.1, 0.15) is 5.69 Å². The van der Waals surface area contributed by atoms with E-state index in [2.05, 4.69) is 93.5 Å². The summed E-state index contributed by atoms with van der Waals surface area (Å²) in [5.41, 5.74) is 4.02. The highest BCUT2D eigenvalue weighted by atomic mass is 16.5. The van der Waals surface area contributed by atoms with Crippen molar-refractivity contribution < 1.29 is 14.2 Å². The van der Waals surface area contributed by atoms with Gasteiger partial charge in [0.15, 0.2) is 35.9 Å². The van der Waals surface area contributed by atoms with E-state index in [1.807, 2.05) is 34.6 Å². The lowest BCUT2D eigenvalue weighted by atomic mass is 9.74. The average molecular weight is 611 g/mol. The molecule has 0 amide bonds. The van der Waals surface area contributed by atoms with Crippen LogP contribution in [0.1, 0.15) is 139 Å². The SMILES string of the molecule is CC(C)(C)[N+]([O-])=Cc1cc[n+]([O-])cc1.CC(C)(C)c1cc(C(C)(C)C)c(N=O)c(C(C)(C)C)c1.CC1(C)C=[N+]([O-])C(C)(C)C1. The lowest BCUT2D eigenvalue weighted by Gasteiger charge is -2.31. The number of nitroso groups, excluding NO2 is 1. The van der Waals surface area contributed by atoms with Gasteiger partial charge in [0.25, 0.3) is 0 Å². The number of nitrogens with zero attached hydrogens (tertiary/aromatic N) is 4. The lowest BCUT2D eigenvalue weighted by molar-refractivity contribution is -0.605. The van der Waals surface area contributed by atoms with E-state index in [1.54, 1.807) is 18.3 Å². The molecule has 0 bridgehead atoms. The molecule has 246 valence electrons. The van der Waals surface area contributed by atoms with E-state index in [-0.39, 0.29) is 27.2 Å². The second-order valence-electron chi connectivity index (χ2n) is 17.3.